The molecule has 0 bridgehead atoms. The summed E-state index contributed by atoms with van der Waals surface area (Å²) in [4.78, 5) is 16.2. The van der Waals surface area contributed by atoms with Gasteiger partial charge in [0.2, 0.25) is 11.2 Å². The molecule has 0 radical (unpaired) electrons. The van der Waals surface area contributed by atoms with E-state index in [9.17, 15) is 0 Å². The van der Waals surface area contributed by atoms with Gasteiger partial charge < -0.3 is 5.32 Å². The fourth-order valence-corrected chi connectivity index (χ4v) is 1.43. The van der Waals surface area contributed by atoms with Gasteiger partial charge in [-0.25, -0.2) is 4.98 Å². The van der Waals surface area contributed by atoms with Gasteiger partial charge in [0.1, 0.15) is 12.7 Å². The average molecular weight is 282 g/mol. The molecule has 102 valence electrons. The largest absolute Gasteiger partial charge is 0.354 e. The van der Waals surface area contributed by atoms with Crippen molar-refractivity contribution in [1.29, 1.82) is 0 Å². The predicted molar refractivity (Wildman–Crippen MR) is 72.3 cm³/mol. The topological polar surface area (TPSA) is 81.4 Å². The van der Waals surface area contributed by atoms with Gasteiger partial charge in [0.05, 0.1) is 0 Å². The third kappa shape index (κ3) is 3.60. The first-order valence-electron chi connectivity index (χ1n) is 6.00. The van der Waals surface area contributed by atoms with Gasteiger partial charge in [-0.05, 0) is 23.4 Å². The summed E-state index contributed by atoms with van der Waals surface area (Å²) >= 11 is 5.89. The van der Waals surface area contributed by atoms with Gasteiger partial charge in [-0.3, -0.25) is 0 Å². The van der Waals surface area contributed by atoms with Crippen LogP contribution >= 0.6 is 11.6 Å². The summed E-state index contributed by atoms with van der Waals surface area (Å²) in [6, 6.07) is 0. The zero-order valence-electron chi connectivity index (χ0n) is 11.1. The number of aromatic nitrogens is 6. The number of hydrogen-bond acceptors (Lipinski definition) is 6. The van der Waals surface area contributed by atoms with E-state index in [1.165, 1.54) is 17.3 Å². The molecule has 0 fully saturated rings. The Morgan fingerprint density at radius 1 is 1.32 bits per heavy atom. The second-order valence-corrected chi connectivity index (χ2v) is 5.28. The lowest BCUT2D eigenvalue weighted by Crippen LogP contribution is -2.23. The molecular formula is C11H16ClN7. The molecule has 0 aliphatic rings. The van der Waals surface area contributed by atoms with Crippen molar-refractivity contribution in [3.63, 3.8) is 0 Å². The number of nitrogens with zero attached hydrogens (tertiary/aromatic N) is 6. The molecule has 2 aromatic rings. The van der Waals surface area contributed by atoms with Crippen LogP contribution in [-0.4, -0.2) is 36.3 Å². The van der Waals surface area contributed by atoms with Crippen LogP contribution in [0, 0.1) is 5.41 Å². The molecule has 0 aromatic carbocycles. The molecule has 1 N–H and O–H groups in total. The highest BCUT2D eigenvalue weighted by molar-refractivity contribution is 6.28. The number of nitrogens with one attached hydrogen (secondary N) is 1. The maximum Gasteiger partial charge on any atom is 0.258 e. The maximum absolute atomic E-state index is 5.89. The number of rotatable bonds is 5. The van der Waals surface area contributed by atoms with Gasteiger partial charge >= 0.3 is 0 Å². The Labute approximate surface area is 116 Å². The average Bonchev–Trinajstić information content (AvgIpc) is 2.90. The van der Waals surface area contributed by atoms with Crippen molar-refractivity contribution in [3.05, 3.63) is 17.9 Å². The molecule has 0 spiro atoms. The van der Waals surface area contributed by atoms with Gasteiger partial charge in [-0.1, -0.05) is 20.8 Å². The van der Waals surface area contributed by atoms with E-state index in [0.717, 1.165) is 13.0 Å². The van der Waals surface area contributed by atoms with E-state index in [0.29, 0.717) is 11.9 Å². The van der Waals surface area contributed by atoms with Crippen LogP contribution < -0.4 is 5.32 Å². The SMILES string of the molecule is CCC(C)(C)CNc1nc(Cl)nc(-n2cncn2)n1. The summed E-state index contributed by atoms with van der Waals surface area (Å²) in [5, 5.41) is 7.25. The van der Waals surface area contributed by atoms with Crippen LogP contribution in [0.5, 0.6) is 0 Å². The van der Waals surface area contributed by atoms with Gasteiger partial charge in [-0.2, -0.15) is 24.7 Å². The lowest BCUT2D eigenvalue weighted by Gasteiger charge is -2.22. The molecule has 0 saturated heterocycles. The third-order valence-corrected chi connectivity index (χ3v) is 3.07. The molecular weight excluding hydrogens is 266 g/mol. The maximum atomic E-state index is 5.89. The lowest BCUT2D eigenvalue weighted by atomic mass is 9.90. The van der Waals surface area contributed by atoms with Crippen molar-refractivity contribution in [2.75, 3.05) is 11.9 Å². The molecule has 2 rings (SSSR count). The molecule has 7 nitrogen and oxygen atoms in total. The van der Waals surface area contributed by atoms with E-state index in [-0.39, 0.29) is 10.7 Å². The third-order valence-electron chi connectivity index (χ3n) is 2.90. The van der Waals surface area contributed by atoms with Crippen molar-refractivity contribution in [1.82, 2.24) is 29.7 Å². The summed E-state index contributed by atoms with van der Waals surface area (Å²) < 4.78 is 1.43. The van der Waals surface area contributed by atoms with Crippen LogP contribution in [0.4, 0.5) is 5.95 Å². The Morgan fingerprint density at radius 3 is 2.74 bits per heavy atom. The lowest BCUT2D eigenvalue weighted by molar-refractivity contribution is 0.376. The predicted octanol–water partition coefficient (Wildman–Crippen LogP) is 1.95. The highest BCUT2D eigenvalue weighted by atomic mass is 35.5. The molecule has 0 unspecified atom stereocenters. The van der Waals surface area contributed by atoms with Crippen LogP contribution in [0.15, 0.2) is 12.7 Å². The Balaban J connectivity index is 2.18. The van der Waals surface area contributed by atoms with Crippen LogP contribution in [0.1, 0.15) is 27.2 Å². The van der Waals surface area contributed by atoms with E-state index < -0.39 is 0 Å². The van der Waals surface area contributed by atoms with Crippen molar-refractivity contribution < 1.29 is 0 Å². The van der Waals surface area contributed by atoms with Gasteiger partial charge in [0, 0.05) is 6.54 Å². The molecule has 0 amide bonds. The first-order chi connectivity index (χ1) is 9.00. The molecule has 2 heterocycles. The van der Waals surface area contributed by atoms with Crippen molar-refractivity contribution in [2.24, 2.45) is 5.41 Å². The van der Waals surface area contributed by atoms with Gasteiger partial charge in [-0.15, -0.1) is 0 Å². The van der Waals surface area contributed by atoms with Crippen LogP contribution in [0.3, 0.4) is 0 Å². The normalized spacial score (nSPS) is 11.6. The zero-order chi connectivity index (χ0) is 13.9. The van der Waals surface area contributed by atoms with Crippen LogP contribution in [0.2, 0.25) is 5.28 Å². The monoisotopic (exact) mass is 281 g/mol. The standard InChI is InChI=1S/C11H16ClN7/c1-4-11(2,3)5-14-9-16-8(12)17-10(18-9)19-7-13-6-15-19/h6-7H,4-5H2,1-3H3,(H,14,16,17,18). The van der Waals surface area contributed by atoms with Crippen molar-refractivity contribution in [2.45, 2.75) is 27.2 Å². The smallest absolute Gasteiger partial charge is 0.258 e. The second kappa shape index (κ2) is 5.48. The van der Waals surface area contributed by atoms with Gasteiger partial charge in [0.25, 0.3) is 5.95 Å². The Morgan fingerprint density at radius 2 is 2.11 bits per heavy atom. The van der Waals surface area contributed by atoms with E-state index in [1.807, 2.05) is 0 Å². The Bertz CT molecular complexity index is 538. The van der Waals surface area contributed by atoms with E-state index in [1.54, 1.807) is 0 Å². The number of hydrogen-bond donors (Lipinski definition) is 1. The minimum Gasteiger partial charge on any atom is -0.354 e. The summed E-state index contributed by atoms with van der Waals surface area (Å²) in [7, 11) is 0. The molecule has 19 heavy (non-hydrogen) atoms. The highest BCUT2D eigenvalue weighted by Gasteiger charge is 2.16. The highest BCUT2D eigenvalue weighted by Crippen LogP contribution is 2.20. The Kier molecular flexibility index (Phi) is 3.94. The van der Waals surface area contributed by atoms with Crippen LogP contribution in [0.25, 0.3) is 5.95 Å². The minimum absolute atomic E-state index is 0.123. The first kappa shape index (κ1) is 13.7. The molecule has 0 aliphatic carbocycles. The van der Waals surface area contributed by atoms with E-state index in [2.05, 4.69) is 51.1 Å². The Hall–Kier alpha value is -1.76. The first-order valence-corrected chi connectivity index (χ1v) is 6.38. The molecule has 2 aromatic heterocycles. The zero-order valence-corrected chi connectivity index (χ0v) is 11.9. The molecule has 0 aliphatic heterocycles. The molecule has 8 heteroatoms. The fourth-order valence-electron chi connectivity index (χ4n) is 1.28. The molecule has 0 saturated carbocycles. The van der Waals surface area contributed by atoms with Crippen LogP contribution in [-0.2, 0) is 0 Å². The van der Waals surface area contributed by atoms with Gasteiger partial charge in [0.15, 0.2) is 0 Å². The van der Waals surface area contributed by atoms with Crippen molar-refractivity contribution in [3.8, 4) is 5.95 Å². The number of anilines is 1. The molecule has 0 atom stereocenters. The van der Waals surface area contributed by atoms with Crippen molar-refractivity contribution >= 4 is 17.5 Å². The van der Waals surface area contributed by atoms with E-state index >= 15 is 0 Å². The summed E-state index contributed by atoms with van der Waals surface area (Å²) in [5.41, 5.74) is 0.159. The number of halogens is 1. The summed E-state index contributed by atoms with van der Waals surface area (Å²) in [5.74, 6) is 0.779. The minimum atomic E-state index is 0.123. The quantitative estimate of drug-likeness (QED) is 0.902. The van der Waals surface area contributed by atoms with E-state index in [4.69, 9.17) is 11.6 Å². The fraction of sp³-hybridized carbons (Fsp3) is 0.545. The summed E-state index contributed by atoms with van der Waals surface area (Å²) in [6.45, 7) is 7.23. The second-order valence-electron chi connectivity index (χ2n) is 4.94. The summed E-state index contributed by atoms with van der Waals surface area (Å²) in [6.07, 6.45) is 3.96.